The molecule has 0 bridgehead atoms. The summed E-state index contributed by atoms with van der Waals surface area (Å²) in [5, 5.41) is 16.0. The van der Waals surface area contributed by atoms with Crippen LogP contribution in [-0.2, 0) is 0 Å². The van der Waals surface area contributed by atoms with Gasteiger partial charge in [-0.25, -0.2) is 4.98 Å². The third kappa shape index (κ3) is 5.25. The summed E-state index contributed by atoms with van der Waals surface area (Å²) in [6.45, 7) is 1.72. The number of rotatable bonds is 8. The van der Waals surface area contributed by atoms with E-state index >= 15 is 0 Å². The van der Waals surface area contributed by atoms with Gasteiger partial charge >= 0.3 is 0 Å². The number of hydrogen-bond acceptors (Lipinski definition) is 6. The number of halogens is 1. The fourth-order valence-electron chi connectivity index (χ4n) is 2.90. The molecule has 30 heavy (non-hydrogen) atoms. The highest BCUT2D eigenvalue weighted by Crippen LogP contribution is 2.25. The zero-order valence-corrected chi connectivity index (χ0v) is 17.4. The third-order valence-corrected chi connectivity index (χ3v) is 4.94. The molecule has 2 atom stereocenters. The van der Waals surface area contributed by atoms with Crippen LogP contribution >= 0.6 is 11.6 Å². The number of carbonyl (C=O) groups excluding carboxylic acids is 1. The molecule has 8 heteroatoms. The Bertz CT molecular complexity index is 983. The minimum Gasteiger partial charge on any atom is -0.497 e. The lowest BCUT2D eigenvalue weighted by molar-refractivity contribution is 0.0916. The fraction of sp³-hybridized carbons (Fsp3) is 0.227. The molecule has 0 aliphatic heterocycles. The van der Waals surface area contributed by atoms with Crippen LogP contribution in [0, 0.1) is 0 Å². The van der Waals surface area contributed by atoms with Crippen LogP contribution in [0.1, 0.15) is 40.5 Å². The Kier molecular flexibility index (Phi) is 7.21. The van der Waals surface area contributed by atoms with Gasteiger partial charge in [-0.15, -0.1) is 0 Å². The van der Waals surface area contributed by atoms with E-state index in [0.29, 0.717) is 22.2 Å². The molecular weight excluding hydrogens is 404 g/mol. The van der Waals surface area contributed by atoms with E-state index in [4.69, 9.17) is 16.3 Å². The van der Waals surface area contributed by atoms with Crippen molar-refractivity contribution in [2.75, 3.05) is 19.0 Å². The summed E-state index contributed by atoms with van der Waals surface area (Å²) in [4.78, 5) is 21.0. The maximum absolute atomic E-state index is 12.6. The maximum Gasteiger partial charge on any atom is 0.253 e. The molecule has 3 aromatic rings. The lowest BCUT2D eigenvalue weighted by atomic mass is 10.1. The van der Waals surface area contributed by atoms with Crippen molar-refractivity contribution in [3.05, 3.63) is 82.8 Å². The number of pyridine rings is 2. The van der Waals surface area contributed by atoms with Crippen molar-refractivity contribution in [3.8, 4) is 5.75 Å². The van der Waals surface area contributed by atoms with E-state index in [1.165, 1.54) is 6.20 Å². The SMILES string of the molecule is COc1ccc(C(CO)NC(=O)c2cnc(NC(C)c3cccnc3)c(Cl)c2)cc1. The lowest BCUT2D eigenvalue weighted by Gasteiger charge is -2.18. The average molecular weight is 427 g/mol. The standard InChI is InChI=1S/C22H23ClN4O3/c1-14(16-4-3-9-24-11-16)26-21-19(23)10-17(12-25-21)22(29)27-20(13-28)15-5-7-18(30-2)8-6-15/h3-12,14,20,28H,13H2,1-2H3,(H,25,26)(H,27,29). The van der Waals surface area contributed by atoms with Crippen LogP contribution in [-0.4, -0.2) is 34.7 Å². The molecule has 0 aliphatic carbocycles. The quantitative estimate of drug-likeness (QED) is 0.507. The number of carbonyl (C=O) groups is 1. The van der Waals surface area contributed by atoms with Gasteiger partial charge in [-0.3, -0.25) is 9.78 Å². The van der Waals surface area contributed by atoms with Gasteiger partial charge in [-0.05, 0) is 42.3 Å². The molecule has 7 nitrogen and oxygen atoms in total. The van der Waals surface area contributed by atoms with Crippen molar-refractivity contribution in [2.24, 2.45) is 0 Å². The van der Waals surface area contributed by atoms with Crippen LogP contribution in [0.2, 0.25) is 5.02 Å². The Morgan fingerprint density at radius 3 is 2.57 bits per heavy atom. The van der Waals surface area contributed by atoms with E-state index in [0.717, 1.165) is 11.1 Å². The molecule has 0 fully saturated rings. The number of aliphatic hydroxyl groups is 1. The van der Waals surface area contributed by atoms with Gasteiger partial charge in [0.05, 0.1) is 36.4 Å². The average Bonchev–Trinajstić information content (AvgIpc) is 2.79. The van der Waals surface area contributed by atoms with Gasteiger partial charge in [0.1, 0.15) is 11.6 Å². The van der Waals surface area contributed by atoms with Gasteiger partial charge in [-0.2, -0.15) is 0 Å². The van der Waals surface area contributed by atoms with E-state index in [2.05, 4.69) is 20.6 Å². The second-order valence-electron chi connectivity index (χ2n) is 6.69. The number of benzene rings is 1. The van der Waals surface area contributed by atoms with Crippen molar-refractivity contribution in [1.82, 2.24) is 15.3 Å². The van der Waals surface area contributed by atoms with Crippen LogP contribution in [0.25, 0.3) is 0 Å². The van der Waals surface area contributed by atoms with Gasteiger partial charge < -0.3 is 20.5 Å². The topological polar surface area (TPSA) is 96.4 Å². The summed E-state index contributed by atoms with van der Waals surface area (Å²) in [5.74, 6) is 0.783. The second-order valence-corrected chi connectivity index (χ2v) is 7.10. The maximum atomic E-state index is 12.6. The number of nitrogens with zero attached hydrogens (tertiary/aromatic N) is 2. The predicted molar refractivity (Wildman–Crippen MR) is 116 cm³/mol. The Morgan fingerprint density at radius 1 is 1.20 bits per heavy atom. The highest BCUT2D eigenvalue weighted by molar-refractivity contribution is 6.33. The molecular formula is C22H23ClN4O3. The number of ether oxygens (including phenoxy) is 1. The first-order chi connectivity index (χ1) is 14.5. The summed E-state index contributed by atoms with van der Waals surface area (Å²) in [5.41, 5.74) is 2.04. The summed E-state index contributed by atoms with van der Waals surface area (Å²) in [6, 6.07) is 11.9. The van der Waals surface area contributed by atoms with Crippen LogP contribution < -0.4 is 15.4 Å². The molecule has 1 amide bonds. The molecule has 2 aromatic heterocycles. The Hall–Kier alpha value is -3.16. The minimum atomic E-state index is -0.564. The highest BCUT2D eigenvalue weighted by Gasteiger charge is 2.17. The van der Waals surface area contributed by atoms with E-state index in [1.807, 2.05) is 19.1 Å². The first-order valence-electron chi connectivity index (χ1n) is 9.39. The molecule has 1 aromatic carbocycles. The molecule has 2 heterocycles. The Balaban J connectivity index is 1.69. The van der Waals surface area contributed by atoms with Crippen LogP contribution in [0.4, 0.5) is 5.82 Å². The van der Waals surface area contributed by atoms with Crippen molar-refractivity contribution in [3.63, 3.8) is 0 Å². The molecule has 0 radical (unpaired) electrons. The van der Waals surface area contributed by atoms with Gasteiger partial charge in [0.15, 0.2) is 0 Å². The predicted octanol–water partition coefficient (Wildman–Crippen LogP) is 3.78. The number of methoxy groups -OCH3 is 1. The minimum absolute atomic E-state index is 0.0581. The number of anilines is 1. The Morgan fingerprint density at radius 2 is 1.97 bits per heavy atom. The van der Waals surface area contributed by atoms with E-state index in [1.54, 1.807) is 49.8 Å². The zero-order valence-electron chi connectivity index (χ0n) is 16.7. The number of aromatic nitrogens is 2. The van der Waals surface area contributed by atoms with Gasteiger partial charge in [0.2, 0.25) is 0 Å². The molecule has 2 unspecified atom stereocenters. The van der Waals surface area contributed by atoms with Crippen LogP contribution in [0.3, 0.4) is 0 Å². The molecule has 156 valence electrons. The van der Waals surface area contributed by atoms with Crippen LogP contribution in [0.15, 0.2) is 61.1 Å². The lowest BCUT2D eigenvalue weighted by Crippen LogP contribution is -2.30. The van der Waals surface area contributed by atoms with Crippen molar-refractivity contribution < 1.29 is 14.6 Å². The molecule has 0 spiro atoms. The van der Waals surface area contributed by atoms with Gasteiger partial charge in [0, 0.05) is 18.6 Å². The number of nitrogens with one attached hydrogen (secondary N) is 2. The fourth-order valence-corrected chi connectivity index (χ4v) is 3.12. The van der Waals surface area contributed by atoms with Crippen molar-refractivity contribution in [2.45, 2.75) is 19.0 Å². The van der Waals surface area contributed by atoms with Gasteiger partial charge in [0.25, 0.3) is 5.91 Å². The largest absolute Gasteiger partial charge is 0.497 e. The summed E-state index contributed by atoms with van der Waals surface area (Å²) in [6.07, 6.45) is 4.92. The summed E-state index contributed by atoms with van der Waals surface area (Å²) in [7, 11) is 1.58. The molecule has 3 N–H and O–H groups in total. The molecule has 3 rings (SSSR count). The first kappa shape index (κ1) is 21.5. The van der Waals surface area contributed by atoms with E-state index < -0.39 is 6.04 Å². The second kappa shape index (κ2) is 10.0. The van der Waals surface area contributed by atoms with Crippen LogP contribution in [0.5, 0.6) is 5.75 Å². The smallest absolute Gasteiger partial charge is 0.253 e. The molecule has 0 aliphatic rings. The highest BCUT2D eigenvalue weighted by atomic mass is 35.5. The van der Waals surface area contributed by atoms with Gasteiger partial charge in [-0.1, -0.05) is 29.8 Å². The molecule has 0 saturated carbocycles. The first-order valence-corrected chi connectivity index (χ1v) is 9.77. The summed E-state index contributed by atoms with van der Waals surface area (Å²) >= 11 is 6.34. The number of aliphatic hydroxyl groups excluding tert-OH is 1. The van der Waals surface area contributed by atoms with Crippen molar-refractivity contribution >= 4 is 23.3 Å². The Labute approximate surface area is 180 Å². The van der Waals surface area contributed by atoms with Crippen molar-refractivity contribution in [1.29, 1.82) is 0 Å². The number of amides is 1. The summed E-state index contributed by atoms with van der Waals surface area (Å²) < 4.78 is 5.13. The van der Waals surface area contributed by atoms with E-state index in [9.17, 15) is 9.90 Å². The third-order valence-electron chi connectivity index (χ3n) is 4.65. The monoisotopic (exact) mass is 426 g/mol. The molecule has 0 saturated heterocycles. The normalized spacial score (nSPS) is 12.7. The zero-order chi connectivity index (χ0) is 21.5. The van der Waals surface area contributed by atoms with E-state index in [-0.39, 0.29) is 18.6 Å². The number of hydrogen-bond donors (Lipinski definition) is 3.